The molecule has 0 N–H and O–H groups in total. The first-order valence-corrected chi connectivity index (χ1v) is 6.80. The molecular weight excluding hydrogens is 258 g/mol. The van der Waals surface area contributed by atoms with E-state index in [9.17, 15) is 4.79 Å². The highest BCUT2D eigenvalue weighted by molar-refractivity contribution is 9.09. The van der Waals surface area contributed by atoms with Crippen molar-refractivity contribution in [1.29, 1.82) is 0 Å². The quantitative estimate of drug-likeness (QED) is 0.721. The Kier molecular flexibility index (Phi) is 3.36. The smallest absolute Gasteiger partial charge is 0.254 e. The van der Waals surface area contributed by atoms with Gasteiger partial charge in [0.1, 0.15) is 5.60 Å². The molecular formula is C11H18BrNO2. The molecule has 0 saturated carbocycles. The van der Waals surface area contributed by atoms with Gasteiger partial charge in [0.05, 0.1) is 0 Å². The van der Waals surface area contributed by atoms with Gasteiger partial charge in [0.25, 0.3) is 5.91 Å². The van der Waals surface area contributed by atoms with Crippen LogP contribution in [0.2, 0.25) is 0 Å². The second-order valence-electron chi connectivity index (χ2n) is 4.63. The predicted molar refractivity (Wildman–Crippen MR) is 62.1 cm³/mol. The highest BCUT2D eigenvalue weighted by Gasteiger charge is 2.43. The van der Waals surface area contributed by atoms with E-state index in [1.165, 1.54) is 0 Å². The molecule has 2 saturated heterocycles. The Labute approximate surface area is 99.3 Å². The van der Waals surface area contributed by atoms with E-state index in [0.29, 0.717) is 6.04 Å². The third-order valence-corrected chi connectivity index (χ3v) is 4.23. The van der Waals surface area contributed by atoms with Gasteiger partial charge in [0.2, 0.25) is 0 Å². The SMILES string of the molecule is CC1(C(=O)N2CCCC2CBr)CCCO1. The van der Waals surface area contributed by atoms with Crippen LogP contribution >= 0.6 is 15.9 Å². The lowest BCUT2D eigenvalue weighted by molar-refractivity contribution is -0.151. The number of hydrogen-bond acceptors (Lipinski definition) is 2. The van der Waals surface area contributed by atoms with E-state index in [1.807, 2.05) is 11.8 Å². The van der Waals surface area contributed by atoms with Crippen molar-refractivity contribution in [2.45, 2.75) is 44.2 Å². The van der Waals surface area contributed by atoms with Crippen LogP contribution < -0.4 is 0 Å². The summed E-state index contributed by atoms with van der Waals surface area (Å²) in [5.41, 5.74) is -0.537. The zero-order valence-electron chi connectivity index (χ0n) is 9.17. The topological polar surface area (TPSA) is 29.5 Å². The van der Waals surface area contributed by atoms with Crippen LogP contribution in [0.3, 0.4) is 0 Å². The van der Waals surface area contributed by atoms with Crippen LogP contribution in [0, 0.1) is 0 Å². The Morgan fingerprint density at radius 3 is 3.00 bits per heavy atom. The van der Waals surface area contributed by atoms with Crippen molar-refractivity contribution in [2.24, 2.45) is 0 Å². The summed E-state index contributed by atoms with van der Waals surface area (Å²) in [6.07, 6.45) is 4.12. The number of hydrogen-bond donors (Lipinski definition) is 0. The minimum atomic E-state index is -0.537. The number of carbonyl (C=O) groups excluding carboxylic acids is 1. The Bertz CT molecular complexity index is 251. The third-order valence-electron chi connectivity index (χ3n) is 3.49. The molecule has 86 valence electrons. The molecule has 0 aromatic heterocycles. The summed E-state index contributed by atoms with van der Waals surface area (Å²) in [7, 11) is 0. The van der Waals surface area contributed by atoms with Crippen LogP contribution in [0.5, 0.6) is 0 Å². The second kappa shape index (κ2) is 4.42. The lowest BCUT2D eigenvalue weighted by Crippen LogP contribution is -2.49. The van der Waals surface area contributed by atoms with E-state index in [2.05, 4.69) is 15.9 Å². The van der Waals surface area contributed by atoms with E-state index < -0.39 is 5.60 Å². The van der Waals surface area contributed by atoms with E-state index in [4.69, 9.17) is 4.74 Å². The normalized spacial score (nSPS) is 36.1. The fourth-order valence-electron chi connectivity index (χ4n) is 2.52. The van der Waals surface area contributed by atoms with Crippen LogP contribution in [-0.4, -0.2) is 40.9 Å². The number of amides is 1. The molecule has 4 heteroatoms. The summed E-state index contributed by atoms with van der Waals surface area (Å²) < 4.78 is 5.60. The molecule has 2 aliphatic rings. The third kappa shape index (κ3) is 2.07. The zero-order valence-corrected chi connectivity index (χ0v) is 10.8. The van der Waals surface area contributed by atoms with Gasteiger partial charge in [0, 0.05) is 24.5 Å². The van der Waals surface area contributed by atoms with Gasteiger partial charge >= 0.3 is 0 Å². The maximum absolute atomic E-state index is 12.3. The molecule has 3 nitrogen and oxygen atoms in total. The van der Waals surface area contributed by atoms with Crippen molar-refractivity contribution in [2.75, 3.05) is 18.5 Å². The first-order chi connectivity index (χ1) is 7.17. The van der Waals surface area contributed by atoms with Gasteiger partial charge in [-0.2, -0.15) is 0 Å². The minimum absolute atomic E-state index is 0.196. The number of carbonyl (C=O) groups is 1. The fourth-order valence-corrected chi connectivity index (χ4v) is 3.19. The lowest BCUT2D eigenvalue weighted by atomic mass is 10.0. The highest BCUT2D eigenvalue weighted by Crippen LogP contribution is 2.30. The van der Waals surface area contributed by atoms with Crippen LogP contribution in [0.15, 0.2) is 0 Å². The lowest BCUT2D eigenvalue weighted by Gasteiger charge is -2.31. The molecule has 0 aromatic rings. The molecule has 0 aliphatic carbocycles. The summed E-state index contributed by atoms with van der Waals surface area (Å²) in [5.74, 6) is 0.196. The van der Waals surface area contributed by atoms with Crippen molar-refractivity contribution in [3.05, 3.63) is 0 Å². The number of likely N-dealkylation sites (tertiary alicyclic amines) is 1. The van der Waals surface area contributed by atoms with Crippen LogP contribution in [0.4, 0.5) is 0 Å². The van der Waals surface area contributed by atoms with Gasteiger partial charge in [-0.15, -0.1) is 0 Å². The highest BCUT2D eigenvalue weighted by atomic mass is 79.9. The molecule has 0 bridgehead atoms. The van der Waals surface area contributed by atoms with Gasteiger partial charge in [-0.05, 0) is 32.6 Å². The van der Waals surface area contributed by atoms with Gasteiger partial charge in [-0.3, -0.25) is 4.79 Å². The van der Waals surface area contributed by atoms with Crippen molar-refractivity contribution >= 4 is 21.8 Å². The summed E-state index contributed by atoms with van der Waals surface area (Å²) in [4.78, 5) is 14.3. The summed E-state index contributed by atoms with van der Waals surface area (Å²) >= 11 is 3.48. The summed E-state index contributed by atoms with van der Waals surface area (Å²) in [6, 6.07) is 0.374. The van der Waals surface area contributed by atoms with Crippen LogP contribution in [0.1, 0.15) is 32.6 Å². The molecule has 15 heavy (non-hydrogen) atoms. The molecule has 2 unspecified atom stereocenters. The molecule has 1 amide bonds. The predicted octanol–water partition coefficient (Wildman–Crippen LogP) is 1.94. The standard InChI is InChI=1S/C11H18BrNO2/c1-11(5-3-7-15-11)10(14)13-6-2-4-9(13)8-12/h9H,2-8H2,1H3. The number of nitrogens with zero attached hydrogens (tertiary/aromatic N) is 1. The average Bonchev–Trinajstić information content (AvgIpc) is 2.85. The first-order valence-electron chi connectivity index (χ1n) is 5.68. The maximum Gasteiger partial charge on any atom is 0.254 e. The first kappa shape index (κ1) is 11.4. The number of halogens is 1. The van der Waals surface area contributed by atoms with E-state index in [1.54, 1.807) is 0 Å². The fraction of sp³-hybridized carbons (Fsp3) is 0.909. The second-order valence-corrected chi connectivity index (χ2v) is 5.28. The molecule has 2 fully saturated rings. The molecule has 2 heterocycles. The Morgan fingerprint density at radius 2 is 2.40 bits per heavy atom. The number of ether oxygens (including phenoxy) is 1. The monoisotopic (exact) mass is 275 g/mol. The minimum Gasteiger partial charge on any atom is -0.365 e. The van der Waals surface area contributed by atoms with E-state index in [-0.39, 0.29) is 5.91 Å². The largest absolute Gasteiger partial charge is 0.365 e. The molecule has 2 atom stereocenters. The molecule has 0 spiro atoms. The van der Waals surface area contributed by atoms with Crippen molar-refractivity contribution in [3.8, 4) is 0 Å². The molecule has 2 rings (SSSR count). The summed E-state index contributed by atoms with van der Waals surface area (Å²) in [6.45, 7) is 3.56. The molecule has 2 aliphatic heterocycles. The average molecular weight is 276 g/mol. The van der Waals surface area contributed by atoms with Crippen molar-refractivity contribution < 1.29 is 9.53 Å². The Hall–Kier alpha value is -0.0900. The van der Waals surface area contributed by atoms with Gasteiger partial charge in [-0.1, -0.05) is 15.9 Å². The Balaban J connectivity index is 2.06. The zero-order chi connectivity index (χ0) is 10.9. The van der Waals surface area contributed by atoms with E-state index in [0.717, 1.165) is 44.2 Å². The van der Waals surface area contributed by atoms with Crippen molar-refractivity contribution in [3.63, 3.8) is 0 Å². The van der Waals surface area contributed by atoms with Crippen LogP contribution in [0.25, 0.3) is 0 Å². The number of rotatable bonds is 2. The van der Waals surface area contributed by atoms with E-state index >= 15 is 0 Å². The maximum atomic E-state index is 12.3. The van der Waals surface area contributed by atoms with Gasteiger partial charge < -0.3 is 9.64 Å². The Morgan fingerprint density at radius 1 is 1.60 bits per heavy atom. The van der Waals surface area contributed by atoms with Gasteiger partial charge in [0.15, 0.2) is 0 Å². The summed E-state index contributed by atoms with van der Waals surface area (Å²) in [5, 5.41) is 0.884. The molecule has 0 aromatic carbocycles. The molecule has 0 radical (unpaired) electrons. The van der Waals surface area contributed by atoms with Gasteiger partial charge in [-0.25, -0.2) is 0 Å². The number of alkyl halides is 1. The van der Waals surface area contributed by atoms with Crippen LogP contribution in [-0.2, 0) is 9.53 Å². The van der Waals surface area contributed by atoms with Crippen molar-refractivity contribution in [1.82, 2.24) is 4.90 Å².